The number of nitrogens with zero attached hydrogens (tertiary/aromatic N) is 5. The van der Waals surface area contributed by atoms with Crippen molar-refractivity contribution in [3.8, 4) is 22.6 Å². The van der Waals surface area contributed by atoms with Crippen molar-refractivity contribution < 1.29 is 14.7 Å². The molecular formula is C30H32N6O3. The standard InChI is InChI=1S/C30H32N6O3/c37-28(23-5-1-2-6-23)36(19-30(29(38)39)15-3-4-16-30)18-20-7-13-26-24(17-20)12-14-25(31-26)21-8-10-22(11-9-21)27-32-34-35-33-27/h7-14,17,23H,1-6,15-16,18-19H2,(H,38,39)(H,32,33,34,35). The van der Waals surface area contributed by atoms with Gasteiger partial charge in [-0.2, -0.15) is 5.21 Å². The number of aromatic amines is 1. The number of hydrogen-bond acceptors (Lipinski definition) is 6. The molecule has 4 aromatic rings. The Morgan fingerprint density at radius 1 is 0.949 bits per heavy atom. The lowest BCUT2D eigenvalue weighted by Gasteiger charge is -2.34. The molecule has 0 unspecified atom stereocenters. The van der Waals surface area contributed by atoms with Gasteiger partial charge in [-0.1, -0.05) is 62.1 Å². The van der Waals surface area contributed by atoms with E-state index < -0.39 is 11.4 Å². The number of amides is 1. The van der Waals surface area contributed by atoms with Crippen LogP contribution < -0.4 is 0 Å². The monoisotopic (exact) mass is 524 g/mol. The molecule has 2 saturated carbocycles. The zero-order valence-corrected chi connectivity index (χ0v) is 21.8. The van der Waals surface area contributed by atoms with Crippen LogP contribution in [-0.4, -0.2) is 54.0 Å². The summed E-state index contributed by atoms with van der Waals surface area (Å²) in [4.78, 5) is 32.6. The van der Waals surface area contributed by atoms with Crippen molar-refractivity contribution in [1.82, 2.24) is 30.5 Å². The Morgan fingerprint density at radius 3 is 2.38 bits per heavy atom. The largest absolute Gasteiger partial charge is 0.481 e. The topological polar surface area (TPSA) is 125 Å². The fourth-order valence-corrected chi connectivity index (χ4v) is 6.23. The normalized spacial score (nSPS) is 17.0. The predicted molar refractivity (Wildman–Crippen MR) is 146 cm³/mol. The Morgan fingerprint density at radius 2 is 1.69 bits per heavy atom. The second-order valence-corrected chi connectivity index (χ2v) is 11.0. The Bertz CT molecular complexity index is 1470. The van der Waals surface area contributed by atoms with Gasteiger partial charge in [-0.15, -0.1) is 10.2 Å². The summed E-state index contributed by atoms with van der Waals surface area (Å²) in [6.07, 6.45) is 7.01. The van der Waals surface area contributed by atoms with Gasteiger partial charge in [0, 0.05) is 35.5 Å². The molecule has 0 atom stereocenters. The number of H-pyrrole nitrogens is 1. The maximum absolute atomic E-state index is 13.6. The first-order valence-corrected chi connectivity index (χ1v) is 13.8. The Labute approximate surface area is 226 Å². The molecule has 0 aliphatic heterocycles. The number of carboxylic acids is 1. The molecule has 39 heavy (non-hydrogen) atoms. The number of hydrogen-bond donors (Lipinski definition) is 2. The molecule has 0 spiro atoms. The third-order valence-electron chi connectivity index (χ3n) is 8.44. The summed E-state index contributed by atoms with van der Waals surface area (Å²) < 4.78 is 0. The van der Waals surface area contributed by atoms with Crippen molar-refractivity contribution in [2.24, 2.45) is 11.3 Å². The summed E-state index contributed by atoms with van der Waals surface area (Å²) in [6, 6.07) is 18.0. The lowest BCUT2D eigenvalue weighted by molar-refractivity contribution is -0.152. The van der Waals surface area contributed by atoms with E-state index in [0.29, 0.717) is 25.2 Å². The molecule has 0 radical (unpaired) electrons. The lowest BCUT2D eigenvalue weighted by atomic mass is 9.85. The number of carbonyl (C=O) groups is 2. The first kappa shape index (κ1) is 25.2. The first-order valence-electron chi connectivity index (χ1n) is 13.8. The molecule has 6 rings (SSSR count). The highest BCUT2D eigenvalue weighted by atomic mass is 16.4. The third kappa shape index (κ3) is 5.13. The molecule has 2 N–H and O–H groups in total. The highest BCUT2D eigenvalue weighted by molar-refractivity contribution is 5.84. The molecule has 2 aromatic carbocycles. The van der Waals surface area contributed by atoms with Crippen molar-refractivity contribution in [2.45, 2.75) is 57.9 Å². The van der Waals surface area contributed by atoms with Crippen LogP contribution in [-0.2, 0) is 16.1 Å². The summed E-state index contributed by atoms with van der Waals surface area (Å²) in [6.45, 7) is 0.701. The number of carboxylic acid groups (broad SMARTS) is 1. The van der Waals surface area contributed by atoms with Crippen molar-refractivity contribution >= 4 is 22.8 Å². The Kier molecular flexibility index (Phi) is 6.81. The third-order valence-corrected chi connectivity index (χ3v) is 8.44. The first-order chi connectivity index (χ1) is 19.0. The van der Waals surface area contributed by atoms with Gasteiger partial charge in [0.15, 0.2) is 0 Å². The van der Waals surface area contributed by atoms with Gasteiger partial charge in [-0.25, -0.2) is 4.98 Å². The summed E-state index contributed by atoms with van der Waals surface area (Å²) in [5, 5.41) is 25.2. The van der Waals surface area contributed by atoms with Gasteiger partial charge in [0.05, 0.1) is 16.6 Å². The number of aliphatic carboxylic acids is 1. The van der Waals surface area contributed by atoms with Gasteiger partial charge < -0.3 is 10.0 Å². The van der Waals surface area contributed by atoms with E-state index in [1.807, 2.05) is 53.4 Å². The summed E-state index contributed by atoms with van der Waals surface area (Å²) >= 11 is 0. The molecule has 2 aliphatic rings. The van der Waals surface area contributed by atoms with Crippen molar-refractivity contribution in [2.75, 3.05) is 6.54 Å². The number of fused-ring (bicyclic) bond motifs is 1. The average molecular weight is 525 g/mol. The molecule has 2 aliphatic carbocycles. The number of tetrazole rings is 1. The number of rotatable bonds is 8. The minimum atomic E-state index is -0.832. The molecule has 9 heteroatoms. The van der Waals surface area contributed by atoms with E-state index in [9.17, 15) is 14.7 Å². The number of nitrogens with one attached hydrogen (secondary N) is 1. The molecule has 0 saturated heterocycles. The maximum Gasteiger partial charge on any atom is 0.311 e. The van der Waals surface area contributed by atoms with Crippen LogP contribution in [0, 0.1) is 11.3 Å². The van der Waals surface area contributed by atoms with Crippen LogP contribution in [0.2, 0.25) is 0 Å². The zero-order chi connectivity index (χ0) is 26.8. The predicted octanol–water partition coefficient (Wildman–Crippen LogP) is 5.25. The lowest BCUT2D eigenvalue weighted by Crippen LogP contribution is -2.45. The van der Waals surface area contributed by atoms with Crippen LogP contribution in [0.3, 0.4) is 0 Å². The van der Waals surface area contributed by atoms with Crippen molar-refractivity contribution in [3.63, 3.8) is 0 Å². The van der Waals surface area contributed by atoms with E-state index in [1.54, 1.807) is 0 Å². The highest BCUT2D eigenvalue weighted by Crippen LogP contribution is 2.40. The van der Waals surface area contributed by atoms with Gasteiger partial charge in [-0.3, -0.25) is 9.59 Å². The van der Waals surface area contributed by atoms with Crippen LogP contribution in [0.5, 0.6) is 0 Å². The van der Waals surface area contributed by atoms with Gasteiger partial charge in [0.2, 0.25) is 11.7 Å². The van der Waals surface area contributed by atoms with Gasteiger partial charge in [0.1, 0.15) is 0 Å². The molecular weight excluding hydrogens is 492 g/mol. The van der Waals surface area contributed by atoms with E-state index in [2.05, 4.69) is 26.7 Å². The van der Waals surface area contributed by atoms with Crippen molar-refractivity contribution in [3.05, 3.63) is 60.2 Å². The number of pyridine rings is 1. The van der Waals surface area contributed by atoms with E-state index >= 15 is 0 Å². The molecule has 2 fully saturated rings. The SMILES string of the molecule is O=C(C1CCCC1)N(Cc1ccc2nc(-c3ccc(-c4nn[nH]n4)cc3)ccc2c1)CC1(C(=O)O)CCCC1. The summed E-state index contributed by atoms with van der Waals surface area (Å²) in [5.41, 5.74) is 3.74. The number of aromatic nitrogens is 5. The molecule has 200 valence electrons. The minimum absolute atomic E-state index is 0.00777. The van der Waals surface area contributed by atoms with E-state index in [1.165, 1.54) is 0 Å². The van der Waals surface area contributed by atoms with Gasteiger partial charge in [0.25, 0.3) is 0 Å². The molecule has 1 amide bonds. The quantitative estimate of drug-likeness (QED) is 0.323. The number of benzene rings is 2. The molecule has 2 heterocycles. The smallest absolute Gasteiger partial charge is 0.311 e. The zero-order valence-electron chi connectivity index (χ0n) is 21.8. The number of carbonyl (C=O) groups excluding carboxylic acids is 1. The molecule has 0 bridgehead atoms. The van der Waals surface area contributed by atoms with Gasteiger partial charge in [-0.05, 0) is 54.7 Å². The van der Waals surface area contributed by atoms with Crippen LogP contribution in [0.4, 0.5) is 0 Å². The second kappa shape index (κ2) is 10.6. The summed E-state index contributed by atoms with van der Waals surface area (Å²) in [7, 11) is 0. The van der Waals surface area contributed by atoms with Crippen LogP contribution >= 0.6 is 0 Å². The Hall–Kier alpha value is -4.14. The van der Waals surface area contributed by atoms with E-state index in [4.69, 9.17) is 4.98 Å². The van der Waals surface area contributed by atoms with Crippen molar-refractivity contribution in [1.29, 1.82) is 0 Å². The summed E-state index contributed by atoms with van der Waals surface area (Å²) in [5.74, 6) is -0.112. The Balaban J connectivity index is 1.24. The fraction of sp³-hybridized carbons (Fsp3) is 0.400. The van der Waals surface area contributed by atoms with Crippen LogP contribution in [0.25, 0.3) is 33.5 Å². The minimum Gasteiger partial charge on any atom is -0.481 e. The molecule has 2 aromatic heterocycles. The van der Waals surface area contributed by atoms with E-state index in [0.717, 1.165) is 71.8 Å². The van der Waals surface area contributed by atoms with Crippen LogP contribution in [0.15, 0.2) is 54.6 Å². The molecule has 9 nitrogen and oxygen atoms in total. The van der Waals surface area contributed by atoms with Crippen LogP contribution in [0.1, 0.15) is 56.9 Å². The van der Waals surface area contributed by atoms with E-state index in [-0.39, 0.29) is 18.4 Å². The maximum atomic E-state index is 13.6. The second-order valence-electron chi connectivity index (χ2n) is 11.0. The fourth-order valence-electron chi connectivity index (χ4n) is 6.23. The average Bonchev–Trinajstić information content (AvgIpc) is 3.76. The highest BCUT2D eigenvalue weighted by Gasteiger charge is 2.44. The van der Waals surface area contributed by atoms with Gasteiger partial charge >= 0.3 is 5.97 Å².